The first kappa shape index (κ1) is 16.0. The van der Waals surface area contributed by atoms with Crippen LogP contribution in [0.1, 0.15) is 16.1 Å². The number of rotatable bonds is 4. The molecule has 0 aliphatic carbocycles. The second kappa shape index (κ2) is 6.76. The lowest BCUT2D eigenvalue weighted by Crippen LogP contribution is -2.23. The fraction of sp³-hybridized carbons (Fsp3) is 0.0500. The summed E-state index contributed by atoms with van der Waals surface area (Å²) in [5.74, 6) is -0.500. The minimum atomic E-state index is -0.306. The predicted octanol–water partition coefficient (Wildman–Crippen LogP) is 3.49. The summed E-state index contributed by atoms with van der Waals surface area (Å²) in [6, 6.07) is 17.1. The van der Waals surface area contributed by atoms with Crippen LogP contribution in [0.15, 0.2) is 73.1 Å². The fourth-order valence-corrected chi connectivity index (χ4v) is 2.81. The fourth-order valence-electron chi connectivity index (χ4n) is 2.81. The Balaban J connectivity index is 1.64. The zero-order valence-electron chi connectivity index (χ0n) is 13.8. The molecule has 0 aliphatic heterocycles. The van der Waals surface area contributed by atoms with Gasteiger partial charge in [0.05, 0.1) is 35.2 Å². The van der Waals surface area contributed by atoms with Crippen molar-refractivity contribution in [3.05, 3.63) is 90.1 Å². The summed E-state index contributed by atoms with van der Waals surface area (Å²) >= 11 is 0. The number of benzene rings is 2. The number of nitrogens with zero attached hydrogens (tertiary/aromatic N) is 3. The van der Waals surface area contributed by atoms with Gasteiger partial charge in [0, 0.05) is 11.6 Å². The Bertz CT molecular complexity index is 1060. The van der Waals surface area contributed by atoms with Crippen LogP contribution in [0.25, 0.3) is 16.6 Å². The van der Waals surface area contributed by atoms with E-state index in [9.17, 15) is 9.18 Å². The van der Waals surface area contributed by atoms with Gasteiger partial charge in [-0.15, -0.1) is 0 Å². The van der Waals surface area contributed by atoms with Gasteiger partial charge in [0.2, 0.25) is 0 Å². The number of hydrogen-bond acceptors (Lipinski definition) is 3. The Morgan fingerprint density at radius 1 is 1.04 bits per heavy atom. The van der Waals surface area contributed by atoms with Crippen molar-refractivity contribution in [1.82, 2.24) is 20.1 Å². The Morgan fingerprint density at radius 3 is 2.65 bits per heavy atom. The molecule has 4 rings (SSSR count). The normalized spacial score (nSPS) is 10.8. The van der Waals surface area contributed by atoms with Crippen LogP contribution in [0.2, 0.25) is 0 Å². The highest BCUT2D eigenvalue weighted by molar-refractivity contribution is 6.06. The van der Waals surface area contributed by atoms with Crippen molar-refractivity contribution >= 4 is 16.8 Å². The van der Waals surface area contributed by atoms with Gasteiger partial charge < -0.3 is 5.32 Å². The number of hydrogen-bond donors (Lipinski definition) is 1. The molecule has 0 atom stereocenters. The van der Waals surface area contributed by atoms with E-state index in [0.717, 1.165) is 22.3 Å². The minimum absolute atomic E-state index is 0.195. The molecule has 0 fully saturated rings. The molecule has 2 aromatic heterocycles. The van der Waals surface area contributed by atoms with E-state index in [-0.39, 0.29) is 11.7 Å². The molecule has 1 N–H and O–H groups in total. The van der Waals surface area contributed by atoms with E-state index in [2.05, 4.69) is 15.4 Å². The van der Waals surface area contributed by atoms with Gasteiger partial charge in [0.25, 0.3) is 5.91 Å². The van der Waals surface area contributed by atoms with Gasteiger partial charge >= 0.3 is 0 Å². The molecule has 0 radical (unpaired) electrons. The summed E-state index contributed by atoms with van der Waals surface area (Å²) in [7, 11) is 0. The number of nitrogens with one attached hydrogen (secondary N) is 1. The van der Waals surface area contributed by atoms with Crippen molar-refractivity contribution in [1.29, 1.82) is 0 Å². The average Bonchev–Trinajstić information content (AvgIpc) is 3.12. The first-order chi connectivity index (χ1) is 12.7. The molecule has 0 unspecified atom stereocenters. The Kier molecular flexibility index (Phi) is 4.15. The maximum Gasteiger partial charge on any atom is 0.252 e. The molecule has 0 spiro atoms. The second-order valence-electron chi connectivity index (χ2n) is 5.77. The smallest absolute Gasteiger partial charge is 0.252 e. The predicted molar refractivity (Wildman–Crippen MR) is 96.4 cm³/mol. The first-order valence-corrected chi connectivity index (χ1v) is 8.13. The molecule has 5 nitrogen and oxygen atoms in total. The average molecular weight is 346 g/mol. The molecule has 2 heterocycles. The lowest BCUT2D eigenvalue weighted by Gasteiger charge is -2.07. The SMILES string of the molecule is O=C(NCc1ccccn1)c1cccc2c1cnn2-c1ccc(F)cc1. The van der Waals surface area contributed by atoms with Crippen molar-refractivity contribution in [3.8, 4) is 5.69 Å². The Labute approximate surface area is 149 Å². The van der Waals surface area contributed by atoms with E-state index in [4.69, 9.17) is 0 Å². The monoisotopic (exact) mass is 346 g/mol. The molecular weight excluding hydrogens is 331 g/mol. The molecule has 2 aromatic carbocycles. The van der Waals surface area contributed by atoms with E-state index in [1.54, 1.807) is 41.3 Å². The van der Waals surface area contributed by atoms with Crippen molar-refractivity contribution in [2.45, 2.75) is 6.54 Å². The number of pyridine rings is 1. The van der Waals surface area contributed by atoms with E-state index in [1.807, 2.05) is 24.3 Å². The summed E-state index contributed by atoms with van der Waals surface area (Å²) in [5, 5.41) is 7.97. The summed E-state index contributed by atoms with van der Waals surface area (Å²) in [5.41, 5.74) is 2.83. The largest absolute Gasteiger partial charge is 0.346 e. The standard InChI is InChI=1S/C20H15FN4O/c21-14-7-9-16(10-8-14)25-19-6-3-5-17(18(19)13-24-25)20(26)23-12-15-4-1-2-11-22-15/h1-11,13H,12H2,(H,23,26). The van der Waals surface area contributed by atoms with Crippen LogP contribution in [0.4, 0.5) is 4.39 Å². The molecule has 0 saturated heterocycles. The van der Waals surface area contributed by atoms with Crippen LogP contribution in [-0.2, 0) is 6.54 Å². The molecule has 4 aromatic rings. The third-order valence-electron chi connectivity index (χ3n) is 4.09. The highest BCUT2D eigenvalue weighted by atomic mass is 19.1. The third kappa shape index (κ3) is 3.04. The molecule has 26 heavy (non-hydrogen) atoms. The minimum Gasteiger partial charge on any atom is -0.346 e. The van der Waals surface area contributed by atoms with E-state index in [1.165, 1.54) is 12.1 Å². The first-order valence-electron chi connectivity index (χ1n) is 8.13. The van der Waals surface area contributed by atoms with E-state index in [0.29, 0.717) is 12.1 Å². The maximum absolute atomic E-state index is 13.1. The van der Waals surface area contributed by atoms with Crippen LogP contribution in [0.3, 0.4) is 0 Å². The van der Waals surface area contributed by atoms with Gasteiger partial charge in [-0.25, -0.2) is 9.07 Å². The molecule has 0 saturated carbocycles. The van der Waals surface area contributed by atoms with Crippen molar-refractivity contribution in [3.63, 3.8) is 0 Å². The quantitative estimate of drug-likeness (QED) is 0.615. The van der Waals surface area contributed by atoms with Crippen molar-refractivity contribution in [2.75, 3.05) is 0 Å². The molecular formula is C20H15FN4O. The van der Waals surface area contributed by atoms with Crippen LogP contribution >= 0.6 is 0 Å². The highest BCUT2D eigenvalue weighted by Gasteiger charge is 2.14. The zero-order valence-corrected chi connectivity index (χ0v) is 13.8. The zero-order chi connectivity index (χ0) is 17.9. The summed E-state index contributed by atoms with van der Waals surface area (Å²) in [4.78, 5) is 16.8. The van der Waals surface area contributed by atoms with Crippen LogP contribution < -0.4 is 5.32 Å². The van der Waals surface area contributed by atoms with Gasteiger partial charge in [-0.1, -0.05) is 12.1 Å². The van der Waals surface area contributed by atoms with Gasteiger partial charge in [-0.2, -0.15) is 5.10 Å². The van der Waals surface area contributed by atoms with E-state index < -0.39 is 0 Å². The highest BCUT2D eigenvalue weighted by Crippen LogP contribution is 2.22. The summed E-state index contributed by atoms with van der Waals surface area (Å²) in [6.45, 7) is 0.349. The number of aromatic nitrogens is 3. The molecule has 0 bridgehead atoms. The number of halogens is 1. The number of fused-ring (bicyclic) bond motifs is 1. The summed E-state index contributed by atoms with van der Waals surface area (Å²) < 4.78 is 14.8. The van der Waals surface area contributed by atoms with Crippen LogP contribution in [-0.4, -0.2) is 20.7 Å². The van der Waals surface area contributed by atoms with Crippen molar-refractivity contribution < 1.29 is 9.18 Å². The topological polar surface area (TPSA) is 59.8 Å². The Morgan fingerprint density at radius 2 is 1.88 bits per heavy atom. The second-order valence-corrected chi connectivity index (χ2v) is 5.77. The van der Waals surface area contributed by atoms with Crippen LogP contribution in [0.5, 0.6) is 0 Å². The number of carbonyl (C=O) groups excluding carboxylic acids is 1. The van der Waals surface area contributed by atoms with Gasteiger partial charge in [0.1, 0.15) is 5.82 Å². The van der Waals surface area contributed by atoms with Crippen molar-refractivity contribution in [2.24, 2.45) is 0 Å². The van der Waals surface area contributed by atoms with Gasteiger partial charge in [-0.3, -0.25) is 9.78 Å². The Hall–Kier alpha value is -3.54. The maximum atomic E-state index is 13.1. The van der Waals surface area contributed by atoms with Gasteiger partial charge in [-0.05, 0) is 48.5 Å². The summed E-state index contributed by atoms with van der Waals surface area (Å²) in [6.07, 6.45) is 3.34. The molecule has 128 valence electrons. The van der Waals surface area contributed by atoms with E-state index >= 15 is 0 Å². The molecule has 0 aliphatic rings. The molecule has 6 heteroatoms. The van der Waals surface area contributed by atoms with Gasteiger partial charge in [0.15, 0.2) is 0 Å². The lowest BCUT2D eigenvalue weighted by atomic mass is 10.1. The number of carbonyl (C=O) groups is 1. The lowest BCUT2D eigenvalue weighted by molar-refractivity contribution is 0.0952. The third-order valence-corrected chi connectivity index (χ3v) is 4.09. The van der Waals surface area contributed by atoms with Crippen LogP contribution in [0, 0.1) is 5.82 Å². The number of amides is 1. The molecule has 1 amide bonds.